The summed E-state index contributed by atoms with van der Waals surface area (Å²) in [6, 6.07) is 4.99. The second kappa shape index (κ2) is 7.51. The van der Waals surface area contributed by atoms with E-state index < -0.39 is 6.61 Å². The Morgan fingerprint density at radius 3 is 3.00 bits per heavy atom. The zero-order chi connectivity index (χ0) is 15.2. The summed E-state index contributed by atoms with van der Waals surface area (Å²) >= 11 is 5.16. The molecule has 0 amide bonds. The Morgan fingerprint density at radius 1 is 1.52 bits per heavy atom. The number of benzene rings is 1. The Morgan fingerprint density at radius 2 is 2.33 bits per heavy atom. The first kappa shape index (κ1) is 15.9. The summed E-state index contributed by atoms with van der Waals surface area (Å²) in [5, 5.41) is 6.25. The number of alkyl halides is 2. The minimum Gasteiger partial charge on any atom is -0.433 e. The summed E-state index contributed by atoms with van der Waals surface area (Å²) in [5.74, 6) is 0.0752. The molecular formula is C14H18F2N2O2S. The van der Waals surface area contributed by atoms with E-state index in [1.54, 1.807) is 19.1 Å². The lowest BCUT2D eigenvalue weighted by Gasteiger charge is -2.16. The Hall–Kier alpha value is -1.47. The van der Waals surface area contributed by atoms with Gasteiger partial charge in [-0.15, -0.1) is 0 Å². The van der Waals surface area contributed by atoms with Crippen LogP contribution in [-0.2, 0) is 4.74 Å². The van der Waals surface area contributed by atoms with Crippen molar-refractivity contribution in [3.63, 3.8) is 0 Å². The van der Waals surface area contributed by atoms with E-state index in [1.807, 2.05) is 0 Å². The Kier molecular flexibility index (Phi) is 5.69. The topological polar surface area (TPSA) is 42.5 Å². The van der Waals surface area contributed by atoms with Crippen molar-refractivity contribution in [3.05, 3.63) is 23.8 Å². The molecule has 1 aromatic carbocycles. The second-order valence-corrected chi connectivity index (χ2v) is 5.26. The van der Waals surface area contributed by atoms with Crippen LogP contribution in [0.1, 0.15) is 18.4 Å². The van der Waals surface area contributed by atoms with E-state index in [4.69, 9.17) is 17.0 Å². The Bertz CT molecular complexity index is 494. The minimum atomic E-state index is -2.87. The third-order valence-corrected chi connectivity index (χ3v) is 3.36. The van der Waals surface area contributed by atoms with Crippen molar-refractivity contribution in [3.8, 4) is 5.75 Å². The van der Waals surface area contributed by atoms with Gasteiger partial charge in [-0.3, -0.25) is 0 Å². The predicted molar refractivity (Wildman–Crippen MR) is 81.0 cm³/mol. The molecule has 2 rings (SSSR count). The number of thiocarbonyl (C=S) groups is 1. The molecule has 1 aliphatic rings. The summed E-state index contributed by atoms with van der Waals surface area (Å²) in [6.45, 7) is 0.302. The Labute approximate surface area is 127 Å². The molecule has 1 aliphatic heterocycles. The van der Waals surface area contributed by atoms with Crippen LogP contribution in [0.3, 0.4) is 0 Å². The van der Waals surface area contributed by atoms with Gasteiger partial charge >= 0.3 is 6.61 Å². The highest BCUT2D eigenvalue weighted by molar-refractivity contribution is 7.80. The first-order chi connectivity index (χ1) is 10.0. The average molecular weight is 316 g/mol. The van der Waals surface area contributed by atoms with Gasteiger partial charge in [0.15, 0.2) is 5.11 Å². The van der Waals surface area contributed by atoms with Gasteiger partial charge in [-0.05, 0) is 49.7 Å². The number of anilines is 1. The molecule has 0 bridgehead atoms. The molecule has 1 heterocycles. The molecule has 0 unspecified atom stereocenters. The monoisotopic (exact) mass is 316 g/mol. The van der Waals surface area contributed by atoms with Crippen LogP contribution < -0.4 is 15.4 Å². The van der Waals surface area contributed by atoms with Gasteiger partial charge in [0, 0.05) is 13.2 Å². The number of ether oxygens (including phenoxy) is 2. The summed E-state index contributed by atoms with van der Waals surface area (Å²) in [6.07, 6.45) is 2.20. The maximum absolute atomic E-state index is 12.4. The normalized spacial score (nSPS) is 17.8. The van der Waals surface area contributed by atoms with Gasteiger partial charge in [0.25, 0.3) is 0 Å². The van der Waals surface area contributed by atoms with Gasteiger partial charge < -0.3 is 20.1 Å². The number of hydrogen-bond donors (Lipinski definition) is 2. The molecule has 0 radical (unpaired) electrons. The van der Waals surface area contributed by atoms with Gasteiger partial charge in [0.1, 0.15) is 5.75 Å². The molecular weight excluding hydrogens is 298 g/mol. The SMILES string of the molecule is Cc1ccc(NC(=S)NC[C@@H]2CCCO2)c(OC(F)F)c1. The van der Waals surface area contributed by atoms with Crippen molar-refractivity contribution in [2.75, 3.05) is 18.5 Å². The van der Waals surface area contributed by atoms with Gasteiger partial charge in [0.05, 0.1) is 11.8 Å². The predicted octanol–water partition coefficient (Wildman–Crippen LogP) is 3.06. The highest BCUT2D eigenvalue weighted by atomic mass is 32.1. The van der Waals surface area contributed by atoms with Crippen molar-refractivity contribution in [1.29, 1.82) is 0 Å². The van der Waals surface area contributed by atoms with Crippen LogP contribution in [0.4, 0.5) is 14.5 Å². The zero-order valence-corrected chi connectivity index (χ0v) is 12.5. The van der Waals surface area contributed by atoms with E-state index in [2.05, 4.69) is 15.4 Å². The third-order valence-electron chi connectivity index (χ3n) is 3.12. The van der Waals surface area contributed by atoms with Crippen molar-refractivity contribution < 1.29 is 18.3 Å². The lowest BCUT2D eigenvalue weighted by molar-refractivity contribution is -0.0493. The van der Waals surface area contributed by atoms with E-state index in [9.17, 15) is 8.78 Å². The van der Waals surface area contributed by atoms with Gasteiger partial charge in [-0.2, -0.15) is 8.78 Å². The minimum absolute atomic E-state index is 0.0752. The fourth-order valence-corrected chi connectivity index (χ4v) is 2.30. The highest BCUT2D eigenvalue weighted by Gasteiger charge is 2.16. The van der Waals surface area contributed by atoms with Gasteiger partial charge in [-0.25, -0.2) is 0 Å². The van der Waals surface area contributed by atoms with Crippen LogP contribution in [0.25, 0.3) is 0 Å². The van der Waals surface area contributed by atoms with Crippen LogP contribution in [-0.4, -0.2) is 31.0 Å². The van der Waals surface area contributed by atoms with Gasteiger partial charge in [0.2, 0.25) is 0 Å². The largest absolute Gasteiger partial charge is 0.433 e. The molecule has 2 N–H and O–H groups in total. The molecule has 7 heteroatoms. The quantitative estimate of drug-likeness (QED) is 0.817. The van der Waals surface area contributed by atoms with Crippen LogP contribution in [0, 0.1) is 6.92 Å². The molecule has 21 heavy (non-hydrogen) atoms. The van der Waals surface area contributed by atoms with E-state index in [0.29, 0.717) is 17.3 Å². The van der Waals surface area contributed by atoms with Crippen molar-refractivity contribution in [1.82, 2.24) is 5.32 Å². The average Bonchev–Trinajstić information content (AvgIpc) is 2.92. The molecule has 1 aromatic rings. The number of aryl methyl sites for hydroxylation is 1. The second-order valence-electron chi connectivity index (χ2n) is 4.85. The van der Waals surface area contributed by atoms with Crippen LogP contribution in [0.5, 0.6) is 5.75 Å². The summed E-state index contributed by atoms with van der Waals surface area (Å²) in [4.78, 5) is 0. The molecule has 0 aromatic heterocycles. The molecule has 1 atom stereocenters. The first-order valence-corrected chi connectivity index (χ1v) is 7.17. The molecule has 0 saturated carbocycles. The Balaban J connectivity index is 1.92. The molecule has 0 spiro atoms. The number of nitrogens with one attached hydrogen (secondary N) is 2. The standard InChI is InChI=1S/C14H18F2N2O2S/c1-9-4-5-11(12(7-9)20-13(15)16)18-14(21)17-8-10-3-2-6-19-10/h4-5,7,10,13H,2-3,6,8H2,1H3,(H2,17,18,21)/t10-/m0/s1. The molecule has 1 saturated heterocycles. The summed E-state index contributed by atoms with van der Waals surface area (Å²) in [7, 11) is 0. The molecule has 116 valence electrons. The lowest BCUT2D eigenvalue weighted by Crippen LogP contribution is -2.34. The zero-order valence-electron chi connectivity index (χ0n) is 11.7. The summed E-state index contributed by atoms with van der Waals surface area (Å²) in [5.41, 5.74) is 1.24. The number of hydrogen-bond acceptors (Lipinski definition) is 3. The third kappa shape index (κ3) is 5.09. The summed E-state index contributed by atoms with van der Waals surface area (Å²) < 4.78 is 34.8. The van der Waals surface area contributed by atoms with Crippen molar-refractivity contribution in [2.45, 2.75) is 32.5 Å². The molecule has 0 aliphatic carbocycles. The fraction of sp³-hybridized carbons (Fsp3) is 0.500. The lowest BCUT2D eigenvalue weighted by atomic mass is 10.2. The maximum atomic E-state index is 12.4. The highest BCUT2D eigenvalue weighted by Crippen LogP contribution is 2.27. The van der Waals surface area contributed by atoms with E-state index >= 15 is 0 Å². The van der Waals surface area contributed by atoms with E-state index in [1.165, 1.54) is 6.07 Å². The van der Waals surface area contributed by atoms with E-state index in [-0.39, 0.29) is 11.9 Å². The first-order valence-electron chi connectivity index (χ1n) is 6.76. The van der Waals surface area contributed by atoms with Crippen molar-refractivity contribution >= 4 is 23.0 Å². The number of rotatable bonds is 5. The van der Waals surface area contributed by atoms with E-state index in [0.717, 1.165) is 25.0 Å². The smallest absolute Gasteiger partial charge is 0.387 e. The molecule has 4 nitrogen and oxygen atoms in total. The maximum Gasteiger partial charge on any atom is 0.387 e. The molecule has 1 fully saturated rings. The van der Waals surface area contributed by atoms with Crippen LogP contribution in [0.2, 0.25) is 0 Å². The fourth-order valence-electron chi connectivity index (χ4n) is 2.10. The van der Waals surface area contributed by atoms with Crippen LogP contribution >= 0.6 is 12.2 Å². The van der Waals surface area contributed by atoms with Gasteiger partial charge in [-0.1, -0.05) is 6.07 Å². The van der Waals surface area contributed by atoms with Crippen LogP contribution in [0.15, 0.2) is 18.2 Å². The number of halogens is 2. The van der Waals surface area contributed by atoms with Crippen molar-refractivity contribution in [2.24, 2.45) is 0 Å².